The van der Waals surface area contributed by atoms with E-state index in [9.17, 15) is 13.2 Å². The molecular weight excluding hydrogens is 298 g/mol. The average Bonchev–Trinajstić information content (AvgIpc) is 1.96. The first-order chi connectivity index (χ1) is 5.90. The monoisotopic (exact) mass is 303 g/mol. The lowest BCUT2D eigenvalue weighted by atomic mass is 10.4. The Kier molecular flexibility index (Phi) is 2.99. The minimum absolute atomic E-state index is 0.208. The maximum absolute atomic E-state index is 11.8. The molecule has 0 N–H and O–H groups in total. The molecule has 1 heterocycles. The zero-order valence-corrected chi connectivity index (χ0v) is 8.68. The van der Waals surface area contributed by atoms with E-state index < -0.39 is 6.36 Å². The summed E-state index contributed by atoms with van der Waals surface area (Å²) in [4.78, 5) is 3.81. The molecule has 6 heteroatoms. The summed E-state index contributed by atoms with van der Waals surface area (Å²) in [7, 11) is 0. The SMILES string of the molecule is Cc1nccc(OC(F)(F)F)c1I. The molecule has 0 aliphatic heterocycles. The number of hydrogen-bond acceptors (Lipinski definition) is 2. The third kappa shape index (κ3) is 3.02. The highest BCUT2D eigenvalue weighted by atomic mass is 127. The van der Waals surface area contributed by atoms with Gasteiger partial charge >= 0.3 is 6.36 Å². The molecular formula is C7H5F3INO. The number of pyridine rings is 1. The summed E-state index contributed by atoms with van der Waals surface area (Å²) in [6.07, 6.45) is -3.37. The number of aryl methyl sites for hydroxylation is 1. The summed E-state index contributed by atoms with van der Waals surface area (Å²) in [5.41, 5.74) is 0.516. The number of hydrogen-bond donors (Lipinski definition) is 0. The second-order valence-corrected chi connectivity index (χ2v) is 3.34. The zero-order valence-electron chi connectivity index (χ0n) is 6.52. The van der Waals surface area contributed by atoms with Gasteiger partial charge in [0, 0.05) is 6.20 Å². The van der Waals surface area contributed by atoms with Crippen LogP contribution in [0.25, 0.3) is 0 Å². The van der Waals surface area contributed by atoms with Gasteiger partial charge in [0.1, 0.15) is 5.75 Å². The Morgan fingerprint density at radius 1 is 1.46 bits per heavy atom. The molecule has 0 fully saturated rings. The molecule has 0 aliphatic rings. The van der Waals surface area contributed by atoms with E-state index in [-0.39, 0.29) is 5.75 Å². The van der Waals surface area contributed by atoms with Gasteiger partial charge < -0.3 is 4.74 Å². The summed E-state index contributed by atoms with van der Waals surface area (Å²) in [5.74, 6) is -0.208. The van der Waals surface area contributed by atoms with Crippen molar-refractivity contribution in [2.75, 3.05) is 0 Å². The van der Waals surface area contributed by atoms with Crippen molar-refractivity contribution < 1.29 is 17.9 Å². The van der Waals surface area contributed by atoms with Crippen LogP contribution in [-0.4, -0.2) is 11.3 Å². The molecule has 0 radical (unpaired) electrons. The van der Waals surface area contributed by atoms with Gasteiger partial charge in [0.15, 0.2) is 0 Å². The highest BCUT2D eigenvalue weighted by Crippen LogP contribution is 2.28. The highest BCUT2D eigenvalue weighted by molar-refractivity contribution is 14.1. The smallest absolute Gasteiger partial charge is 0.405 e. The second kappa shape index (κ2) is 3.69. The van der Waals surface area contributed by atoms with Crippen LogP contribution >= 0.6 is 22.6 Å². The lowest BCUT2D eigenvalue weighted by Crippen LogP contribution is -2.18. The fraction of sp³-hybridized carbons (Fsp3) is 0.286. The van der Waals surface area contributed by atoms with E-state index in [2.05, 4.69) is 9.72 Å². The summed E-state index contributed by atoms with van der Waals surface area (Å²) >= 11 is 1.76. The third-order valence-electron chi connectivity index (χ3n) is 1.25. The molecule has 0 bridgehead atoms. The molecule has 0 aromatic carbocycles. The van der Waals surface area contributed by atoms with Gasteiger partial charge in [-0.25, -0.2) is 0 Å². The van der Waals surface area contributed by atoms with Gasteiger partial charge in [0.2, 0.25) is 0 Å². The Morgan fingerprint density at radius 3 is 2.62 bits per heavy atom. The van der Waals surface area contributed by atoms with Crippen molar-refractivity contribution in [3.8, 4) is 5.75 Å². The van der Waals surface area contributed by atoms with E-state index in [4.69, 9.17) is 0 Å². The quantitative estimate of drug-likeness (QED) is 0.744. The van der Waals surface area contributed by atoms with Crippen LogP contribution in [-0.2, 0) is 0 Å². The van der Waals surface area contributed by atoms with Crippen LogP contribution in [0.15, 0.2) is 12.3 Å². The average molecular weight is 303 g/mol. The Labute approximate surface area is 86.3 Å². The van der Waals surface area contributed by atoms with E-state index in [1.807, 2.05) is 0 Å². The number of alkyl halides is 3. The van der Waals surface area contributed by atoms with Gasteiger partial charge in [-0.2, -0.15) is 0 Å². The highest BCUT2D eigenvalue weighted by Gasteiger charge is 2.32. The Balaban J connectivity index is 2.96. The normalized spacial score (nSPS) is 11.5. The van der Waals surface area contributed by atoms with Crippen LogP contribution in [0.2, 0.25) is 0 Å². The number of nitrogens with zero attached hydrogens (tertiary/aromatic N) is 1. The van der Waals surface area contributed by atoms with Gasteiger partial charge in [-0.1, -0.05) is 0 Å². The first-order valence-electron chi connectivity index (χ1n) is 3.27. The molecule has 0 unspecified atom stereocenters. The molecule has 0 saturated heterocycles. The van der Waals surface area contributed by atoms with E-state index in [0.717, 1.165) is 0 Å². The predicted octanol–water partition coefficient (Wildman–Crippen LogP) is 2.89. The van der Waals surface area contributed by atoms with Gasteiger partial charge in [-0.05, 0) is 35.6 Å². The molecule has 1 aromatic rings. The van der Waals surface area contributed by atoms with Crippen LogP contribution < -0.4 is 4.74 Å². The third-order valence-corrected chi connectivity index (χ3v) is 2.57. The van der Waals surface area contributed by atoms with Crippen molar-refractivity contribution in [3.63, 3.8) is 0 Å². The zero-order chi connectivity index (χ0) is 10.1. The van der Waals surface area contributed by atoms with Crippen LogP contribution in [0.3, 0.4) is 0 Å². The standard InChI is InChI=1S/C7H5F3INO/c1-4-6(11)5(2-3-12-4)13-7(8,9)10/h2-3H,1H3. The van der Waals surface area contributed by atoms with Crippen molar-refractivity contribution in [1.29, 1.82) is 0 Å². The summed E-state index contributed by atoms with van der Waals surface area (Å²) in [5, 5.41) is 0. The largest absolute Gasteiger partial charge is 0.573 e. The Morgan fingerprint density at radius 2 is 2.08 bits per heavy atom. The van der Waals surface area contributed by atoms with E-state index in [0.29, 0.717) is 9.26 Å². The van der Waals surface area contributed by atoms with Crippen LogP contribution in [0.4, 0.5) is 13.2 Å². The first kappa shape index (κ1) is 10.6. The van der Waals surface area contributed by atoms with Crippen LogP contribution in [0, 0.1) is 10.5 Å². The molecule has 72 valence electrons. The first-order valence-corrected chi connectivity index (χ1v) is 4.35. The van der Waals surface area contributed by atoms with Crippen LogP contribution in [0.1, 0.15) is 5.69 Å². The Hall–Kier alpha value is -0.530. The molecule has 13 heavy (non-hydrogen) atoms. The number of rotatable bonds is 1. The minimum atomic E-state index is -4.65. The number of ether oxygens (including phenoxy) is 1. The molecule has 1 rings (SSSR count). The van der Waals surface area contributed by atoms with Crippen molar-refractivity contribution in [1.82, 2.24) is 4.98 Å². The summed E-state index contributed by atoms with van der Waals surface area (Å²) in [6.45, 7) is 1.62. The van der Waals surface area contributed by atoms with E-state index >= 15 is 0 Å². The predicted molar refractivity (Wildman–Crippen MR) is 48.4 cm³/mol. The van der Waals surface area contributed by atoms with E-state index in [1.165, 1.54) is 12.3 Å². The van der Waals surface area contributed by atoms with Gasteiger partial charge in [0.05, 0.1) is 9.26 Å². The Bertz CT molecular complexity index is 313. The lowest BCUT2D eigenvalue weighted by molar-refractivity contribution is -0.275. The van der Waals surface area contributed by atoms with Gasteiger partial charge in [-0.15, -0.1) is 13.2 Å². The molecule has 0 saturated carbocycles. The second-order valence-electron chi connectivity index (χ2n) is 2.26. The fourth-order valence-electron chi connectivity index (χ4n) is 0.728. The molecule has 1 aromatic heterocycles. The van der Waals surface area contributed by atoms with Gasteiger partial charge in [0.25, 0.3) is 0 Å². The minimum Gasteiger partial charge on any atom is -0.405 e. The summed E-state index contributed by atoms with van der Waals surface area (Å²) < 4.78 is 39.6. The van der Waals surface area contributed by atoms with Crippen molar-refractivity contribution >= 4 is 22.6 Å². The van der Waals surface area contributed by atoms with Crippen LogP contribution in [0.5, 0.6) is 5.75 Å². The maximum Gasteiger partial charge on any atom is 0.573 e. The molecule has 2 nitrogen and oxygen atoms in total. The van der Waals surface area contributed by atoms with Gasteiger partial charge in [-0.3, -0.25) is 4.98 Å². The van der Waals surface area contributed by atoms with Crippen molar-refractivity contribution in [3.05, 3.63) is 21.5 Å². The van der Waals surface area contributed by atoms with E-state index in [1.54, 1.807) is 29.5 Å². The molecule has 0 amide bonds. The molecule has 0 atom stereocenters. The molecule has 0 aliphatic carbocycles. The number of halogens is 4. The summed E-state index contributed by atoms with van der Waals surface area (Å²) in [6, 6.07) is 1.18. The maximum atomic E-state index is 11.8. The number of aromatic nitrogens is 1. The topological polar surface area (TPSA) is 22.1 Å². The van der Waals surface area contributed by atoms with Crippen molar-refractivity contribution in [2.24, 2.45) is 0 Å². The lowest BCUT2D eigenvalue weighted by Gasteiger charge is -2.10. The van der Waals surface area contributed by atoms with Crippen molar-refractivity contribution in [2.45, 2.75) is 13.3 Å². The molecule has 0 spiro atoms. The fourth-order valence-corrected chi connectivity index (χ4v) is 1.16.